The first-order valence-corrected chi connectivity index (χ1v) is 12.8. The second-order valence-electron chi connectivity index (χ2n) is 8.98. The van der Waals surface area contributed by atoms with Gasteiger partial charge in [-0.3, -0.25) is 14.7 Å². The molecule has 0 spiro atoms. The van der Waals surface area contributed by atoms with Crippen LogP contribution >= 0.6 is 11.8 Å². The lowest BCUT2D eigenvalue weighted by Gasteiger charge is -2.38. The molecule has 5 rings (SSSR count). The number of aromatic nitrogens is 1. The van der Waals surface area contributed by atoms with E-state index in [1.54, 1.807) is 13.3 Å². The second kappa shape index (κ2) is 10.5. The molecule has 9 heteroatoms. The number of aliphatic hydroxyl groups excluding tert-OH is 1. The first kappa shape index (κ1) is 24.0. The monoisotopic (exact) mass is 496 g/mol. The number of methoxy groups -OCH3 is 1. The molecule has 35 heavy (non-hydrogen) atoms. The summed E-state index contributed by atoms with van der Waals surface area (Å²) < 4.78 is 20.4. The van der Waals surface area contributed by atoms with Crippen LogP contribution in [0.25, 0.3) is 10.9 Å². The summed E-state index contributed by atoms with van der Waals surface area (Å²) in [6.45, 7) is 1.75. The SMILES string of the molecule is COc1cnc2cccc(C(O)CN(Cc3ccc4c(c3)NC(=O)CS4)C3CCNCC3F)c2c1. The van der Waals surface area contributed by atoms with Gasteiger partial charge < -0.3 is 20.5 Å². The number of alkyl halides is 1. The number of halogens is 1. The maximum Gasteiger partial charge on any atom is 0.234 e. The van der Waals surface area contributed by atoms with Crippen LogP contribution < -0.4 is 15.4 Å². The first-order valence-electron chi connectivity index (χ1n) is 11.8. The number of rotatable bonds is 7. The van der Waals surface area contributed by atoms with Crippen LogP contribution in [0.3, 0.4) is 0 Å². The van der Waals surface area contributed by atoms with Gasteiger partial charge in [-0.1, -0.05) is 18.2 Å². The zero-order valence-electron chi connectivity index (χ0n) is 19.5. The number of hydrogen-bond acceptors (Lipinski definition) is 7. The predicted molar refractivity (Wildman–Crippen MR) is 136 cm³/mol. The Morgan fingerprint density at radius 2 is 2.20 bits per heavy atom. The molecule has 1 aromatic heterocycles. The quantitative estimate of drug-likeness (QED) is 0.461. The summed E-state index contributed by atoms with van der Waals surface area (Å²) in [6.07, 6.45) is 0.414. The normalized spacial score (nSPS) is 21.0. The molecular weight excluding hydrogens is 467 g/mol. The van der Waals surface area contributed by atoms with Gasteiger partial charge in [-0.05, 0) is 48.4 Å². The number of aliphatic hydroxyl groups is 1. The second-order valence-corrected chi connectivity index (χ2v) is 9.99. The molecule has 2 aliphatic heterocycles. The Morgan fingerprint density at radius 3 is 3.03 bits per heavy atom. The lowest BCUT2D eigenvalue weighted by atomic mass is 9.98. The molecule has 7 nitrogen and oxygen atoms in total. The average molecular weight is 497 g/mol. The summed E-state index contributed by atoms with van der Waals surface area (Å²) in [5, 5.41) is 18.2. The van der Waals surface area contributed by atoms with E-state index in [1.807, 2.05) is 47.4 Å². The summed E-state index contributed by atoms with van der Waals surface area (Å²) in [4.78, 5) is 19.4. The van der Waals surface area contributed by atoms with Crippen molar-refractivity contribution in [1.82, 2.24) is 15.2 Å². The van der Waals surface area contributed by atoms with Gasteiger partial charge in [0.25, 0.3) is 0 Å². The molecule has 2 aromatic carbocycles. The van der Waals surface area contributed by atoms with Gasteiger partial charge in [0.2, 0.25) is 5.91 Å². The maximum atomic E-state index is 15.1. The van der Waals surface area contributed by atoms with Gasteiger partial charge in [0.15, 0.2) is 0 Å². The Hall–Kier alpha value is -2.72. The van der Waals surface area contributed by atoms with Gasteiger partial charge in [-0.15, -0.1) is 11.8 Å². The molecule has 3 aromatic rings. The fourth-order valence-corrected chi connectivity index (χ4v) is 5.66. The number of nitrogens with one attached hydrogen (secondary N) is 2. The highest BCUT2D eigenvalue weighted by atomic mass is 32.2. The van der Waals surface area contributed by atoms with Crippen molar-refractivity contribution in [2.24, 2.45) is 0 Å². The van der Waals surface area contributed by atoms with Crippen LogP contribution in [0.5, 0.6) is 5.75 Å². The lowest BCUT2D eigenvalue weighted by Crippen LogP contribution is -2.51. The zero-order valence-corrected chi connectivity index (χ0v) is 20.4. The summed E-state index contributed by atoms with van der Waals surface area (Å²) in [6, 6.07) is 13.2. The van der Waals surface area contributed by atoms with E-state index in [-0.39, 0.29) is 18.5 Å². The van der Waals surface area contributed by atoms with Crippen LogP contribution in [0.4, 0.5) is 10.1 Å². The summed E-state index contributed by atoms with van der Waals surface area (Å²) in [5.74, 6) is 1.01. The molecule has 2 aliphatic rings. The molecule has 3 atom stereocenters. The molecule has 3 N–H and O–H groups in total. The van der Waals surface area contributed by atoms with E-state index in [2.05, 4.69) is 15.6 Å². The van der Waals surface area contributed by atoms with Crippen molar-refractivity contribution in [2.45, 2.75) is 36.2 Å². The fraction of sp³-hybridized carbons (Fsp3) is 0.385. The van der Waals surface area contributed by atoms with Crippen LogP contribution in [-0.2, 0) is 11.3 Å². The minimum absolute atomic E-state index is 0.0194. The van der Waals surface area contributed by atoms with Gasteiger partial charge in [0.05, 0.1) is 36.4 Å². The number of thioether (sulfide) groups is 1. The van der Waals surface area contributed by atoms with Crippen molar-refractivity contribution in [3.05, 3.63) is 59.8 Å². The smallest absolute Gasteiger partial charge is 0.234 e. The van der Waals surface area contributed by atoms with E-state index >= 15 is 4.39 Å². The minimum atomic E-state index is -1.04. The third-order valence-electron chi connectivity index (χ3n) is 6.64. The van der Waals surface area contributed by atoms with Crippen molar-refractivity contribution in [3.63, 3.8) is 0 Å². The van der Waals surface area contributed by atoms with E-state index < -0.39 is 12.3 Å². The number of piperidine rings is 1. The van der Waals surface area contributed by atoms with Crippen molar-refractivity contribution in [2.75, 3.05) is 37.8 Å². The highest BCUT2D eigenvalue weighted by Crippen LogP contribution is 2.33. The number of hydrogen-bond donors (Lipinski definition) is 3. The molecule has 184 valence electrons. The Morgan fingerprint density at radius 1 is 1.31 bits per heavy atom. The van der Waals surface area contributed by atoms with Gasteiger partial charge in [-0.25, -0.2) is 4.39 Å². The summed E-state index contributed by atoms with van der Waals surface area (Å²) in [7, 11) is 1.58. The number of carbonyl (C=O) groups is 1. The third kappa shape index (κ3) is 5.28. The van der Waals surface area contributed by atoms with Crippen molar-refractivity contribution < 1.29 is 19.0 Å². The highest BCUT2D eigenvalue weighted by Gasteiger charge is 2.32. The Bertz CT molecular complexity index is 1230. The van der Waals surface area contributed by atoms with Crippen LogP contribution in [0.1, 0.15) is 23.7 Å². The number of amides is 1. The fourth-order valence-electron chi connectivity index (χ4n) is 4.87. The van der Waals surface area contributed by atoms with Crippen LogP contribution in [0.2, 0.25) is 0 Å². The topological polar surface area (TPSA) is 86.7 Å². The molecule has 0 radical (unpaired) electrons. The predicted octanol–water partition coefficient (Wildman–Crippen LogP) is 3.52. The number of benzene rings is 2. The van der Waals surface area contributed by atoms with E-state index in [4.69, 9.17) is 4.74 Å². The molecule has 0 aliphatic carbocycles. The Balaban J connectivity index is 1.44. The molecular formula is C26H29FN4O3S. The highest BCUT2D eigenvalue weighted by molar-refractivity contribution is 8.00. The third-order valence-corrected chi connectivity index (χ3v) is 7.72. The van der Waals surface area contributed by atoms with Crippen molar-refractivity contribution >= 4 is 34.3 Å². The molecule has 1 fully saturated rings. The van der Waals surface area contributed by atoms with Gasteiger partial charge >= 0.3 is 0 Å². The standard InChI is InChI=1S/C26H29FN4O3S/c1-34-17-10-19-18(3-2-4-21(19)29-11-17)24(32)14-31(23-7-8-28-12-20(23)27)13-16-5-6-25-22(9-16)30-26(33)15-35-25/h2-6,9-11,20,23-24,28,32H,7-8,12-15H2,1H3,(H,30,33). The maximum absolute atomic E-state index is 15.1. The number of pyridine rings is 1. The number of fused-ring (bicyclic) bond motifs is 2. The molecule has 3 heterocycles. The minimum Gasteiger partial charge on any atom is -0.495 e. The number of carbonyl (C=O) groups excluding carboxylic acids is 1. The summed E-state index contributed by atoms with van der Waals surface area (Å²) >= 11 is 1.51. The Kier molecular flexibility index (Phi) is 7.19. The van der Waals surface area contributed by atoms with Crippen LogP contribution in [-0.4, -0.2) is 65.6 Å². The summed E-state index contributed by atoms with van der Waals surface area (Å²) in [5.41, 5.74) is 3.25. The first-order chi connectivity index (χ1) is 17.0. The van der Waals surface area contributed by atoms with Gasteiger partial charge in [-0.2, -0.15) is 0 Å². The van der Waals surface area contributed by atoms with Crippen LogP contribution in [0, 0.1) is 0 Å². The number of ether oxygens (including phenoxy) is 1. The zero-order chi connectivity index (χ0) is 24.4. The van der Waals surface area contributed by atoms with E-state index in [9.17, 15) is 9.90 Å². The van der Waals surface area contributed by atoms with Crippen molar-refractivity contribution in [3.8, 4) is 5.75 Å². The molecule has 0 saturated carbocycles. The van der Waals surface area contributed by atoms with Gasteiger partial charge in [0.1, 0.15) is 11.9 Å². The molecule has 0 bridgehead atoms. The van der Waals surface area contributed by atoms with Crippen molar-refractivity contribution in [1.29, 1.82) is 0 Å². The van der Waals surface area contributed by atoms with E-state index in [1.165, 1.54) is 11.8 Å². The largest absolute Gasteiger partial charge is 0.495 e. The van der Waals surface area contributed by atoms with E-state index in [0.717, 1.165) is 39.2 Å². The van der Waals surface area contributed by atoms with Crippen LogP contribution in [0.15, 0.2) is 53.6 Å². The molecule has 1 saturated heterocycles. The lowest BCUT2D eigenvalue weighted by molar-refractivity contribution is -0.113. The average Bonchev–Trinajstić information content (AvgIpc) is 2.87. The molecule has 1 amide bonds. The van der Waals surface area contributed by atoms with Gasteiger partial charge in [0, 0.05) is 36.0 Å². The number of nitrogens with zero attached hydrogens (tertiary/aromatic N) is 2. The number of anilines is 1. The molecule has 3 unspecified atom stereocenters. The van der Waals surface area contributed by atoms with E-state index in [0.29, 0.717) is 31.0 Å². The Labute approximate surface area is 208 Å².